The second kappa shape index (κ2) is 12.3. The highest BCUT2D eigenvalue weighted by molar-refractivity contribution is 5.96. The molecule has 3 aromatic carbocycles. The van der Waals surface area contributed by atoms with Gasteiger partial charge >= 0.3 is 0 Å². The molecule has 204 valence electrons. The molecule has 0 atom stereocenters. The number of rotatable bonds is 11. The van der Waals surface area contributed by atoms with Crippen LogP contribution in [0.1, 0.15) is 30.0 Å². The standard InChI is InChI=1S/C30H34N4O5/c1-20(2)34(22-11-7-6-8-12-22)28(35)19-33-24-14-10-9-13-23(24)32-27(33)15-16-31-30(36)21-17-25(37-3)29(39-5)26(18-21)38-4/h6-14,17-18,20H,15-16,19H2,1-5H3,(H,31,36). The van der Waals surface area contributed by atoms with Crippen molar-refractivity contribution >= 4 is 28.5 Å². The number of nitrogens with zero attached hydrogens (tertiary/aromatic N) is 3. The number of benzene rings is 3. The van der Waals surface area contributed by atoms with Gasteiger partial charge in [0.2, 0.25) is 11.7 Å². The monoisotopic (exact) mass is 530 g/mol. The van der Waals surface area contributed by atoms with Crippen LogP contribution >= 0.6 is 0 Å². The van der Waals surface area contributed by atoms with Gasteiger partial charge in [0.15, 0.2) is 11.5 Å². The zero-order valence-electron chi connectivity index (χ0n) is 22.9. The number of imidazole rings is 1. The first-order chi connectivity index (χ1) is 18.9. The topological polar surface area (TPSA) is 94.9 Å². The third-order valence-corrected chi connectivity index (χ3v) is 6.41. The Labute approximate surface area is 228 Å². The summed E-state index contributed by atoms with van der Waals surface area (Å²) in [5.41, 5.74) is 2.89. The molecule has 0 aliphatic rings. The van der Waals surface area contributed by atoms with Gasteiger partial charge in [0.05, 0.1) is 32.4 Å². The van der Waals surface area contributed by atoms with E-state index in [0.717, 1.165) is 16.7 Å². The van der Waals surface area contributed by atoms with E-state index in [9.17, 15) is 9.59 Å². The van der Waals surface area contributed by atoms with Gasteiger partial charge < -0.3 is 29.0 Å². The molecule has 0 spiro atoms. The van der Waals surface area contributed by atoms with E-state index in [1.165, 1.54) is 21.3 Å². The van der Waals surface area contributed by atoms with Crippen molar-refractivity contribution < 1.29 is 23.8 Å². The van der Waals surface area contributed by atoms with Crippen molar-refractivity contribution in [2.45, 2.75) is 32.9 Å². The summed E-state index contributed by atoms with van der Waals surface area (Å²) in [5, 5.41) is 2.94. The number of para-hydroxylation sites is 3. The number of carbonyl (C=O) groups excluding carboxylic acids is 2. The van der Waals surface area contributed by atoms with Gasteiger partial charge in [0, 0.05) is 30.3 Å². The lowest BCUT2D eigenvalue weighted by Crippen LogP contribution is -2.39. The Kier molecular flexibility index (Phi) is 8.70. The van der Waals surface area contributed by atoms with Gasteiger partial charge in [0.25, 0.3) is 5.91 Å². The lowest BCUT2D eigenvalue weighted by atomic mass is 10.1. The predicted molar refractivity (Wildman–Crippen MR) is 151 cm³/mol. The number of ether oxygens (including phenoxy) is 3. The molecular weight excluding hydrogens is 496 g/mol. The number of nitrogens with one attached hydrogen (secondary N) is 1. The molecule has 0 radical (unpaired) electrons. The maximum atomic E-state index is 13.6. The number of amides is 2. The van der Waals surface area contributed by atoms with Crippen LogP contribution in [0.4, 0.5) is 5.69 Å². The SMILES string of the molecule is COc1cc(C(=O)NCCc2nc3ccccc3n2CC(=O)N(c2ccccc2)C(C)C)cc(OC)c1OC. The van der Waals surface area contributed by atoms with E-state index < -0.39 is 0 Å². The van der Waals surface area contributed by atoms with Gasteiger partial charge in [0.1, 0.15) is 12.4 Å². The predicted octanol–water partition coefficient (Wildman–Crippen LogP) is 4.48. The summed E-state index contributed by atoms with van der Waals surface area (Å²) in [7, 11) is 4.52. The van der Waals surface area contributed by atoms with E-state index in [0.29, 0.717) is 41.6 Å². The molecule has 9 heteroatoms. The Bertz CT molecular complexity index is 1420. The minimum Gasteiger partial charge on any atom is -0.493 e. The maximum absolute atomic E-state index is 13.6. The number of aromatic nitrogens is 2. The molecule has 2 amide bonds. The molecule has 0 fully saturated rings. The van der Waals surface area contributed by atoms with Crippen LogP contribution in [0.15, 0.2) is 66.7 Å². The van der Waals surface area contributed by atoms with Crippen molar-refractivity contribution in [3.05, 3.63) is 78.1 Å². The second-order valence-corrected chi connectivity index (χ2v) is 9.22. The van der Waals surface area contributed by atoms with E-state index in [4.69, 9.17) is 19.2 Å². The Morgan fingerprint density at radius 2 is 1.56 bits per heavy atom. The molecule has 0 bridgehead atoms. The first-order valence-electron chi connectivity index (χ1n) is 12.8. The van der Waals surface area contributed by atoms with Crippen LogP contribution in [-0.4, -0.2) is 55.3 Å². The maximum Gasteiger partial charge on any atom is 0.251 e. The van der Waals surface area contributed by atoms with E-state index >= 15 is 0 Å². The number of methoxy groups -OCH3 is 3. The molecule has 0 saturated heterocycles. The van der Waals surface area contributed by atoms with Crippen LogP contribution in [0.25, 0.3) is 11.0 Å². The summed E-state index contributed by atoms with van der Waals surface area (Å²) in [5.74, 6) is 1.60. The molecule has 1 aromatic heterocycles. The number of carbonyl (C=O) groups is 2. The zero-order chi connectivity index (χ0) is 27.9. The van der Waals surface area contributed by atoms with E-state index in [1.54, 1.807) is 17.0 Å². The van der Waals surface area contributed by atoms with Crippen LogP contribution in [0, 0.1) is 0 Å². The van der Waals surface area contributed by atoms with Crippen molar-refractivity contribution in [1.29, 1.82) is 0 Å². The van der Waals surface area contributed by atoms with Crippen molar-refractivity contribution in [1.82, 2.24) is 14.9 Å². The molecular formula is C30H34N4O5. The number of fused-ring (bicyclic) bond motifs is 1. The molecule has 39 heavy (non-hydrogen) atoms. The van der Waals surface area contributed by atoms with Crippen LogP contribution < -0.4 is 24.4 Å². The van der Waals surface area contributed by atoms with Crippen LogP contribution in [0.2, 0.25) is 0 Å². The smallest absolute Gasteiger partial charge is 0.251 e. The molecule has 1 N–H and O–H groups in total. The quantitative estimate of drug-likeness (QED) is 0.307. The van der Waals surface area contributed by atoms with Gasteiger partial charge in [-0.05, 0) is 50.2 Å². The average molecular weight is 531 g/mol. The summed E-state index contributed by atoms with van der Waals surface area (Å²) in [6.07, 6.45) is 0.436. The Morgan fingerprint density at radius 3 is 2.18 bits per heavy atom. The molecule has 4 rings (SSSR count). The second-order valence-electron chi connectivity index (χ2n) is 9.22. The lowest BCUT2D eigenvalue weighted by molar-refractivity contribution is -0.119. The van der Waals surface area contributed by atoms with Crippen LogP contribution in [-0.2, 0) is 17.8 Å². The van der Waals surface area contributed by atoms with E-state index in [2.05, 4.69) is 5.32 Å². The summed E-state index contributed by atoms with van der Waals surface area (Å²) in [6.45, 7) is 4.44. The third kappa shape index (κ3) is 5.98. The molecule has 0 saturated carbocycles. The lowest BCUT2D eigenvalue weighted by Gasteiger charge is -2.27. The van der Waals surface area contributed by atoms with E-state index in [-0.39, 0.29) is 24.4 Å². The molecule has 1 heterocycles. The van der Waals surface area contributed by atoms with Crippen molar-refractivity contribution in [3.63, 3.8) is 0 Å². The summed E-state index contributed by atoms with van der Waals surface area (Å²) >= 11 is 0. The normalized spacial score (nSPS) is 10.9. The summed E-state index contributed by atoms with van der Waals surface area (Å²) in [6, 6.07) is 20.6. The molecule has 9 nitrogen and oxygen atoms in total. The van der Waals surface area contributed by atoms with Gasteiger partial charge in [-0.3, -0.25) is 9.59 Å². The first kappa shape index (κ1) is 27.5. The van der Waals surface area contributed by atoms with Crippen molar-refractivity contribution in [2.75, 3.05) is 32.8 Å². The van der Waals surface area contributed by atoms with Crippen molar-refractivity contribution in [3.8, 4) is 17.2 Å². The van der Waals surface area contributed by atoms with Gasteiger partial charge in [-0.25, -0.2) is 4.98 Å². The number of anilines is 1. The minimum atomic E-state index is -0.289. The third-order valence-electron chi connectivity index (χ3n) is 6.41. The van der Waals surface area contributed by atoms with E-state index in [1.807, 2.05) is 73.0 Å². The first-order valence-corrected chi connectivity index (χ1v) is 12.8. The Balaban J connectivity index is 1.54. The Morgan fingerprint density at radius 1 is 0.923 bits per heavy atom. The molecule has 4 aromatic rings. The van der Waals surface area contributed by atoms with Crippen LogP contribution in [0.3, 0.4) is 0 Å². The number of hydrogen-bond donors (Lipinski definition) is 1. The summed E-state index contributed by atoms with van der Waals surface area (Å²) in [4.78, 5) is 33.1. The molecule has 0 unspecified atom stereocenters. The zero-order valence-corrected chi connectivity index (χ0v) is 22.9. The Hall–Kier alpha value is -4.53. The highest BCUT2D eigenvalue weighted by atomic mass is 16.5. The average Bonchev–Trinajstić information content (AvgIpc) is 3.29. The highest BCUT2D eigenvalue weighted by Crippen LogP contribution is 2.38. The van der Waals surface area contributed by atoms with Gasteiger partial charge in [-0.1, -0.05) is 30.3 Å². The summed E-state index contributed by atoms with van der Waals surface area (Å²) < 4.78 is 18.0. The molecule has 0 aliphatic carbocycles. The van der Waals surface area contributed by atoms with Gasteiger partial charge in [-0.2, -0.15) is 0 Å². The van der Waals surface area contributed by atoms with Crippen LogP contribution in [0.5, 0.6) is 17.2 Å². The fourth-order valence-electron chi connectivity index (χ4n) is 4.62. The largest absolute Gasteiger partial charge is 0.493 e. The highest BCUT2D eigenvalue weighted by Gasteiger charge is 2.22. The molecule has 0 aliphatic heterocycles. The number of hydrogen-bond acceptors (Lipinski definition) is 6. The minimum absolute atomic E-state index is 0.0177. The fraction of sp³-hybridized carbons (Fsp3) is 0.300. The van der Waals surface area contributed by atoms with Crippen molar-refractivity contribution in [2.24, 2.45) is 0 Å². The fourth-order valence-corrected chi connectivity index (χ4v) is 4.62. The van der Waals surface area contributed by atoms with Gasteiger partial charge in [-0.15, -0.1) is 0 Å².